The third-order valence-electron chi connectivity index (χ3n) is 5.16. The Labute approximate surface area is 152 Å². The van der Waals surface area contributed by atoms with Gasteiger partial charge in [0, 0.05) is 38.4 Å². The zero-order valence-electron chi connectivity index (χ0n) is 14.8. The molecule has 0 unspecified atom stereocenters. The van der Waals surface area contributed by atoms with Crippen LogP contribution in [0, 0.1) is 16.0 Å². The first kappa shape index (κ1) is 18.6. The first-order chi connectivity index (χ1) is 12.3. The van der Waals surface area contributed by atoms with E-state index in [4.69, 9.17) is 0 Å². The summed E-state index contributed by atoms with van der Waals surface area (Å²) >= 11 is 0. The topological polar surface area (TPSA) is 101 Å². The molecule has 142 valence electrons. The van der Waals surface area contributed by atoms with Crippen LogP contribution < -0.4 is 4.90 Å². The Kier molecular flexibility index (Phi) is 5.17. The fourth-order valence-corrected chi connectivity index (χ4v) is 4.67. The number of likely N-dealkylation sites (tertiary alicyclic amines) is 1. The van der Waals surface area contributed by atoms with Crippen LogP contribution in [0.25, 0.3) is 0 Å². The van der Waals surface area contributed by atoms with Crippen LogP contribution in [0.1, 0.15) is 25.7 Å². The molecule has 0 saturated carbocycles. The van der Waals surface area contributed by atoms with Gasteiger partial charge in [-0.05, 0) is 37.8 Å². The van der Waals surface area contributed by atoms with Crippen molar-refractivity contribution in [1.82, 2.24) is 4.90 Å². The second-order valence-electron chi connectivity index (χ2n) is 6.95. The van der Waals surface area contributed by atoms with Gasteiger partial charge in [0.15, 0.2) is 9.84 Å². The van der Waals surface area contributed by atoms with Gasteiger partial charge < -0.3 is 9.80 Å². The van der Waals surface area contributed by atoms with Crippen molar-refractivity contribution < 1.29 is 18.1 Å². The van der Waals surface area contributed by atoms with Gasteiger partial charge in [-0.1, -0.05) is 6.07 Å². The van der Waals surface area contributed by atoms with Gasteiger partial charge in [-0.25, -0.2) is 8.42 Å². The summed E-state index contributed by atoms with van der Waals surface area (Å²) in [5.74, 6) is 0.128. The Balaban J connectivity index is 1.79. The molecule has 2 heterocycles. The molecule has 0 radical (unpaired) electrons. The number of carbonyl (C=O) groups excluding carboxylic acids is 1. The van der Waals surface area contributed by atoms with Crippen LogP contribution in [0.3, 0.4) is 0 Å². The summed E-state index contributed by atoms with van der Waals surface area (Å²) in [6.07, 6.45) is 4.31. The van der Waals surface area contributed by atoms with Gasteiger partial charge in [-0.2, -0.15) is 0 Å². The molecule has 1 amide bonds. The number of nitro groups is 1. The van der Waals surface area contributed by atoms with Crippen LogP contribution in [0.5, 0.6) is 0 Å². The zero-order chi connectivity index (χ0) is 18.9. The van der Waals surface area contributed by atoms with Crippen molar-refractivity contribution in [3.63, 3.8) is 0 Å². The third kappa shape index (κ3) is 3.67. The number of sulfone groups is 1. The Morgan fingerprint density at radius 2 is 1.77 bits per heavy atom. The standard InChI is InChI=1S/C17H23N3O5S/c1-26(24,25)15-6-4-5-14(16(15)20(22)23)18-11-7-13(8-12-18)17(21)19-9-2-3-10-19/h4-6,13H,2-3,7-12H2,1H3. The molecule has 2 saturated heterocycles. The number of benzene rings is 1. The molecule has 0 aliphatic carbocycles. The number of hydrogen-bond donors (Lipinski definition) is 0. The summed E-state index contributed by atoms with van der Waals surface area (Å²) in [5.41, 5.74) is -0.0654. The third-order valence-corrected chi connectivity index (χ3v) is 6.29. The quantitative estimate of drug-likeness (QED) is 0.583. The number of piperidine rings is 1. The SMILES string of the molecule is CS(=O)(=O)c1cccc(N2CCC(C(=O)N3CCCC3)CC2)c1[N+](=O)[O-]. The van der Waals surface area contributed by atoms with Gasteiger partial charge in [0.2, 0.25) is 5.91 Å². The van der Waals surface area contributed by atoms with E-state index in [-0.39, 0.29) is 22.4 Å². The monoisotopic (exact) mass is 381 g/mol. The average molecular weight is 381 g/mol. The smallest absolute Gasteiger partial charge is 0.311 e. The predicted molar refractivity (Wildman–Crippen MR) is 97.0 cm³/mol. The summed E-state index contributed by atoms with van der Waals surface area (Å²) in [4.78, 5) is 26.9. The lowest BCUT2D eigenvalue weighted by molar-refractivity contribution is -0.387. The number of para-hydroxylation sites is 1. The average Bonchev–Trinajstić information content (AvgIpc) is 3.14. The van der Waals surface area contributed by atoms with Gasteiger partial charge in [-0.15, -0.1) is 0 Å². The molecule has 0 aromatic heterocycles. The van der Waals surface area contributed by atoms with E-state index in [9.17, 15) is 23.3 Å². The van der Waals surface area contributed by atoms with E-state index in [1.165, 1.54) is 12.1 Å². The predicted octanol–water partition coefficient (Wildman–Crippen LogP) is 1.84. The summed E-state index contributed by atoms with van der Waals surface area (Å²) in [6.45, 7) is 2.64. The maximum absolute atomic E-state index is 12.5. The number of rotatable bonds is 4. The van der Waals surface area contributed by atoms with E-state index in [2.05, 4.69) is 0 Å². The van der Waals surface area contributed by atoms with Gasteiger partial charge in [0.05, 0.1) is 4.92 Å². The highest BCUT2D eigenvalue weighted by molar-refractivity contribution is 7.90. The first-order valence-corrected chi connectivity index (χ1v) is 10.7. The van der Waals surface area contributed by atoms with Gasteiger partial charge in [0.25, 0.3) is 0 Å². The van der Waals surface area contributed by atoms with Crippen molar-refractivity contribution in [1.29, 1.82) is 0 Å². The van der Waals surface area contributed by atoms with Crippen molar-refractivity contribution in [3.05, 3.63) is 28.3 Å². The van der Waals surface area contributed by atoms with Crippen molar-refractivity contribution in [3.8, 4) is 0 Å². The first-order valence-electron chi connectivity index (χ1n) is 8.80. The normalized spacial score (nSPS) is 19.0. The second-order valence-corrected chi connectivity index (χ2v) is 8.93. The highest BCUT2D eigenvalue weighted by Gasteiger charge is 2.33. The highest BCUT2D eigenvalue weighted by Crippen LogP contribution is 2.36. The lowest BCUT2D eigenvalue weighted by atomic mass is 9.95. The Bertz CT molecular complexity index is 810. The largest absolute Gasteiger partial charge is 0.366 e. The van der Waals surface area contributed by atoms with Gasteiger partial charge >= 0.3 is 5.69 Å². The van der Waals surface area contributed by atoms with E-state index < -0.39 is 14.8 Å². The highest BCUT2D eigenvalue weighted by atomic mass is 32.2. The minimum Gasteiger partial charge on any atom is -0.366 e. The molecule has 2 fully saturated rings. The lowest BCUT2D eigenvalue weighted by Crippen LogP contribution is -2.41. The van der Waals surface area contributed by atoms with E-state index in [0.717, 1.165) is 32.2 Å². The van der Waals surface area contributed by atoms with E-state index in [1.807, 2.05) is 9.80 Å². The number of hydrogen-bond acceptors (Lipinski definition) is 6. The second kappa shape index (κ2) is 7.22. The number of nitro benzene ring substituents is 1. The molecule has 2 aliphatic rings. The molecule has 8 nitrogen and oxygen atoms in total. The van der Waals surface area contributed by atoms with Crippen LogP contribution in [-0.2, 0) is 14.6 Å². The van der Waals surface area contributed by atoms with Crippen molar-refractivity contribution in [2.75, 3.05) is 37.3 Å². The number of anilines is 1. The molecular formula is C17H23N3O5S. The van der Waals surface area contributed by atoms with Gasteiger partial charge in [0.1, 0.15) is 10.6 Å². The summed E-state index contributed by atoms with van der Waals surface area (Å²) in [5, 5.41) is 11.5. The Hall–Kier alpha value is -2.16. The summed E-state index contributed by atoms with van der Waals surface area (Å²) < 4.78 is 23.8. The number of nitrogens with zero attached hydrogens (tertiary/aromatic N) is 3. The summed E-state index contributed by atoms with van der Waals surface area (Å²) in [6, 6.07) is 4.37. The van der Waals surface area contributed by atoms with Crippen LogP contribution in [0.15, 0.2) is 23.1 Å². The fourth-order valence-electron chi connectivity index (χ4n) is 3.81. The van der Waals surface area contributed by atoms with E-state index in [1.54, 1.807) is 6.07 Å². The zero-order valence-corrected chi connectivity index (χ0v) is 15.6. The molecule has 1 aromatic carbocycles. The lowest BCUT2D eigenvalue weighted by Gasteiger charge is -2.34. The maximum Gasteiger partial charge on any atom is 0.311 e. The van der Waals surface area contributed by atoms with Gasteiger partial charge in [-0.3, -0.25) is 14.9 Å². The molecular weight excluding hydrogens is 358 g/mol. The molecule has 9 heteroatoms. The minimum absolute atomic E-state index is 0.0542. The molecule has 0 N–H and O–H groups in total. The van der Waals surface area contributed by atoms with Crippen LogP contribution in [0.4, 0.5) is 11.4 Å². The Morgan fingerprint density at radius 3 is 2.31 bits per heavy atom. The Morgan fingerprint density at radius 1 is 1.15 bits per heavy atom. The summed E-state index contributed by atoms with van der Waals surface area (Å²) in [7, 11) is -3.70. The fraction of sp³-hybridized carbons (Fsp3) is 0.588. The number of carbonyl (C=O) groups is 1. The van der Waals surface area contributed by atoms with Crippen molar-refractivity contribution in [2.24, 2.45) is 5.92 Å². The molecule has 26 heavy (non-hydrogen) atoms. The molecule has 0 bridgehead atoms. The van der Waals surface area contributed by atoms with Crippen LogP contribution >= 0.6 is 0 Å². The van der Waals surface area contributed by atoms with E-state index in [0.29, 0.717) is 31.6 Å². The molecule has 2 aliphatic heterocycles. The minimum atomic E-state index is -3.70. The van der Waals surface area contributed by atoms with Crippen LogP contribution in [-0.4, -0.2) is 56.6 Å². The number of amides is 1. The molecule has 3 rings (SSSR count). The van der Waals surface area contributed by atoms with Crippen molar-refractivity contribution >= 4 is 27.1 Å². The maximum atomic E-state index is 12.5. The van der Waals surface area contributed by atoms with E-state index >= 15 is 0 Å². The van der Waals surface area contributed by atoms with Crippen LogP contribution in [0.2, 0.25) is 0 Å². The molecule has 0 atom stereocenters. The van der Waals surface area contributed by atoms with Crippen molar-refractivity contribution in [2.45, 2.75) is 30.6 Å². The molecule has 0 spiro atoms. The molecule has 1 aromatic rings.